The van der Waals surface area contributed by atoms with Crippen LogP contribution in [0.15, 0.2) is 23.6 Å². The zero-order chi connectivity index (χ0) is 14.3. The van der Waals surface area contributed by atoms with E-state index in [0.717, 1.165) is 21.7 Å². The molecule has 0 saturated carbocycles. The van der Waals surface area contributed by atoms with Crippen LogP contribution in [0.3, 0.4) is 0 Å². The predicted octanol–water partition coefficient (Wildman–Crippen LogP) is 5.01. The molecule has 2 heterocycles. The maximum Gasteiger partial charge on any atom is 0.225 e. The Balaban J connectivity index is 2.12. The monoisotopic (exact) mass is 303 g/mol. The summed E-state index contributed by atoms with van der Waals surface area (Å²) in [6.07, 6.45) is 0. The second-order valence-electron chi connectivity index (χ2n) is 4.88. The number of aryl methyl sites for hydroxylation is 3. The number of benzene rings is 1. The minimum atomic E-state index is 0.268. The van der Waals surface area contributed by atoms with E-state index in [1.807, 2.05) is 11.4 Å². The molecular formula is C15H14ClN3S. The number of nitrogens with zero attached hydrogens (tertiary/aromatic N) is 2. The third kappa shape index (κ3) is 2.37. The lowest BCUT2D eigenvalue weighted by atomic mass is 10.1. The van der Waals surface area contributed by atoms with Crippen LogP contribution in [0.5, 0.6) is 0 Å². The van der Waals surface area contributed by atoms with Crippen molar-refractivity contribution in [3.8, 4) is 0 Å². The van der Waals surface area contributed by atoms with Gasteiger partial charge >= 0.3 is 0 Å². The lowest BCUT2D eigenvalue weighted by Gasteiger charge is -2.14. The van der Waals surface area contributed by atoms with E-state index in [9.17, 15) is 0 Å². The first kappa shape index (κ1) is 13.3. The molecule has 1 aromatic carbocycles. The fourth-order valence-corrected chi connectivity index (χ4v) is 3.40. The fourth-order valence-electron chi connectivity index (χ4n) is 2.42. The molecule has 0 unspecified atom stereocenters. The van der Waals surface area contributed by atoms with Gasteiger partial charge in [0.25, 0.3) is 0 Å². The van der Waals surface area contributed by atoms with Crippen LogP contribution in [0.1, 0.15) is 16.7 Å². The largest absolute Gasteiger partial charge is 0.339 e. The van der Waals surface area contributed by atoms with Gasteiger partial charge in [-0.15, -0.1) is 11.3 Å². The highest BCUT2D eigenvalue weighted by Gasteiger charge is 2.11. The molecule has 1 N–H and O–H groups in total. The normalized spacial score (nSPS) is 11.0. The van der Waals surface area contributed by atoms with Crippen LogP contribution in [0.2, 0.25) is 5.28 Å². The van der Waals surface area contributed by atoms with Gasteiger partial charge in [-0.05, 0) is 54.9 Å². The summed E-state index contributed by atoms with van der Waals surface area (Å²) < 4.78 is 0. The number of thiophene rings is 1. The van der Waals surface area contributed by atoms with Crippen molar-refractivity contribution in [2.45, 2.75) is 20.8 Å². The van der Waals surface area contributed by atoms with Gasteiger partial charge in [0.2, 0.25) is 5.28 Å². The number of rotatable bonds is 2. The highest BCUT2D eigenvalue weighted by molar-refractivity contribution is 7.16. The van der Waals surface area contributed by atoms with Crippen molar-refractivity contribution in [1.29, 1.82) is 0 Å². The highest BCUT2D eigenvalue weighted by Crippen LogP contribution is 2.31. The molecular weight excluding hydrogens is 290 g/mol. The molecule has 0 amide bonds. The Bertz CT molecular complexity index is 772. The summed E-state index contributed by atoms with van der Waals surface area (Å²) in [4.78, 5) is 9.45. The van der Waals surface area contributed by atoms with Gasteiger partial charge in [0.15, 0.2) is 0 Å². The Morgan fingerprint density at radius 2 is 1.80 bits per heavy atom. The molecule has 0 aliphatic rings. The Labute approximate surface area is 126 Å². The van der Waals surface area contributed by atoms with Crippen molar-refractivity contribution in [2.75, 3.05) is 5.32 Å². The van der Waals surface area contributed by atoms with Gasteiger partial charge in [0, 0.05) is 5.69 Å². The van der Waals surface area contributed by atoms with Crippen LogP contribution in [0.25, 0.3) is 10.2 Å². The number of fused-ring (bicyclic) bond motifs is 1. The molecule has 0 saturated heterocycles. The van der Waals surface area contributed by atoms with Gasteiger partial charge < -0.3 is 5.32 Å². The molecule has 0 radical (unpaired) electrons. The van der Waals surface area contributed by atoms with Gasteiger partial charge in [-0.3, -0.25) is 0 Å². The maximum absolute atomic E-state index is 6.00. The summed E-state index contributed by atoms with van der Waals surface area (Å²) in [6, 6.07) is 6.32. The fraction of sp³-hybridized carbons (Fsp3) is 0.200. The van der Waals surface area contributed by atoms with Crippen LogP contribution >= 0.6 is 22.9 Å². The standard InChI is InChI=1S/C15H14ClN3S/c1-8-6-9(2)12(10(3)7-8)17-13-11-4-5-20-14(11)19-15(16)18-13/h4-7H,1-3H3,(H,17,18,19). The summed E-state index contributed by atoms with van der Waals surface area (Å²) >= 11 is 7.56. The minimum absolute atomic E-state index is 0.268. The molecule has 5 heteroatoms. The Kier molecular flexibility index (Phi) is 3.36. The molecule has 0 aliphatic heterocycles. The van der Waals surface area contributed by atoms with Crippen molar-refractivity contribution in [3.05, 3.63) is 45.6 Å². The van der Waals surface area contributed by atoms with Crippen molar-refractivity contribution in [1.82, 2.24) is 9.97 Å². The summed E-state index contributed by atoms with van der Waals surface area (Å²) in [5, 5.41) is 6.67. The Hall–Kier alpha value is -1.65. The Morgan fingerprint density at radius 3 is 2.50 bits per heavy atom. The van der Waals surface area contributed by atoms with Crippen LogP contribution < -0.4 is 5.32 Å². The van der Waals surface area contributed by atoms with Crippen molar-refractivity contribution in [2.24, 2.45) is 0 Å². The van der Waals surface area contributed by atoms with E-state index in [1.54, 1.807) is 11.3 Å². The Morgan fingerprint density at radius 1 is 1.10 bits per heavy atom. The molecule has 3 rings (SSSR count). The number of nitrogens with one attached hydrogen (secondary N) is 1. The van der Waals surface area contributed by atoms with Crippen LogP contribution in [-0.2, 0) is 0 Å². The van der Waals surface area contributed by atoms with E-state index in [4.69, 9.17) is 11.6 Å². The number of anilines is 2. The zero-order valence-electron chi connectivity index (χ0n) is 11.5. The van der Waals surface area contributed by atoms with E-state index in [0.29, 0.717) is 0 Å². The minimum Gasteiger partial charge on any atom is -0.339 e. The molecule has 0 atom stereocenters. The second kappa shape index (κ2) is 5.04. The molecule has 20 heavy (non-hydrogen) atoms. The van der Waals surface area contributed by atoms with E-state index >= 15 is 0 Å². The average Bonchev–Trinajstić information content (AvgIpc) is 2.81. The lowest BCUT2D eigenvalue weighted by Crippen LogP contribution is -2.00. The first-order chi connectivity index (χ1) is 9.54. The van der Waals surface area contributed by atoms with E-state index < -0.39 is 0 Å². The van der Waals surface area contributed by atoms with Gasteiger partial charge in [-0.1, -0.05) is 17.7 Å². The highest BCUT2D eigenvalue weighted by atomic mass is 35.5. The topological polar surface area (TPSA) is 37.8 Å². The molecule has 0 spiro atoms. The number of halogens is 1. The lowest BCUT2D eigenvalue weighted by molar-refractivity contribution is 1.22. The third-order valence-electron chi connectivity index (χ3n) is 3.22. The zero-order valence-corrected chi connectivity index (χ0v) is 13.1. The SMILES string of the molecule is Cc1cc(C)c(Nc2nc(Cl)nc3sccc23)c(C)c1. The van der Waals surface area contributed by atoms with Crippen molar-refractivity contribution < 1.29 is 0 Å². The summed E-state index contributed by atoms with van der Waals surface area (Å²) in [5.41, 5.74) is 4.73. The van der Waals surface area contributed by atoms with Gasteiger partial charge in [-0.25, -0.2) is 4.98 Å². The third-order valence-corrected chi connectivity index (χ3v) is 4.19. The number of hydrogen-bond donors (Lipinski definition) is 1. The van der Waals surface area contributed by atoms with Crippen LogP contribution in [0.4, 0.5) is 11.5 Å². The molecule has 3 aromatic rings. The van der Waals surface area contributed by atoms with Gasteiger partial charge in [0.1, 0.15) is 10.6 Å². The van der Waals surface area contributed by atoms with E-state index in [-0.39, 0.29) is 5.28 Å². The first-order valence-corrected chi connectivity index (χ1v) is 7.56. The van der Waals surface area contributed by atoms with Gasteiger partial charge in [-0.2, -0.15) is 4.98 Å². The quantitative estimate of drug-likeness (QED) is 0.676. The molecule has 3 nitrogen and oxygen atoms in total. The summed E-state index contributed by atoms with van der Waals surface area (Å²) in [5.74, 6) is 0.760. The number of aromatic nitrogens is 2. The summed E-state index contributed by atoms with van der Waals surface area (Å²) in [7, 11) is 0. The molecule has 0 fully saturated rings. The smallest absolute Gasteiger partial charge is 0.225 e. The van der Waals surface area contributed by atoms with E-state index in [2.05, 4.69) is 48.2 Å². The molecule has 2 aromatic heterocycles. The van der Waals surface area contributed by atoms with E-state index in [1.165, 1.54) is 16.7 Å². The predicted molar refractivity (Wildman–Crippen MR) is 86.4 cm³/mol. The second-order valence-corrected chi connectivity index (χ2v) is 6.11. The maximum atomic E-state index is 6.00. The average molecular weight is 304 g/mol. The van der Waals surface area contributed by atoms with Crippen LogP contribution in [-0.4, -0.2) is 9.97 Å². The van der Waals surface area contributed by atoms with Crippen LogP contribution in [0, 0.1) is 20.8 Å². The number of hydrogen-bond acceptors (Lipinski definition) is 4. The van der Waals surface area contributed by atoms with Gasteiger partial charge in [0.05, 0.1) is 5.39 Å². The summed E-state index contributed by atoms with van der Waals surface area (Å²) in [6.45, 7) is 6.29. The molecule has 0 bridgehead atoms. The van der Waals surface area contributed by atoms with Crippen molar-refractivity contribution >= 4 is 44.7 Å². The molecule has 0 aliphatic carbocycles. The first-order valence-electron chi connectivity index (χ1n) is 6.30. The van der Waals surface area contributed by atoms with Crippen molar-refractivity contribution in [3.63, 3.8) is 0 Å². The molecule has 102 valence electrons.